The zero-order valence-electron chi connectivity index (χ0n) is 20.5. The Labute approximate surface area is 236 Å². The number of aliphatic carboxylic acids is 1. The number of rotatable bonds is 5. The summed E-state index contributed by atoms with van der Waals surface area (Å²) in [6, 6.07) is 7.37. The standard InChI is InChI=1S/C18H15ClFNO3.C9H6ClNO3S/c1-3-10(2)24-16-9-15(14(20)8-13(16)19)21-17(22)11-6-4-5-7-12(11)18(21)23;10-5-2-1-3-6-8(5)11(4-7(12)13)9(14)15-6/h1,8-10H,4-7H2,2H3;1-3H,4H2,(H,12,13). The first-order valence-corrected chi connectivity index (χ1v) is 13.3. The Kier molecular flexibility index (Phi) is 8.45. The second-order valence-corrected chi connectivity index (χ2v) is 10.5. The number of amides is 2. The summed E-state index contributed by atoms with van der Waals surface area (Å²) in [6.45, 7) is 1.27. The molecule has 8 nitrogen and oxygen atoms in total. The molecule has 2 heterocycles. The highest BCUT2D eigenvalue weighted by Gasteiger charge is 2.41. The van der Waals surface area contributed by atoms with Crippen LogP contribution in [0.5, 0.6) is 5.75 Å². The number of hydrogen-bond donors (Lipinski definition) is 1. The largest absolute Gasteiger partial charge is 0.480 e. The molecule has 0 fully saturated rings. The molecule has 1 atom stereocenters. The van der Waals surface area contributed by atoms with Crippen molar-refractivity contribution in [2.24, 2.45) is 0 Å². The molecule has 0 saturated heterocycles. The highest BCUT2D eigenvalue weighted by atomic mass is 35.5. The summed E-state index contributed by atoms with van der Waals surface area (Å²) in [7, 11) is 0. The number of anilines is 1. The maximum absolute atomic E-state index is 14.4. The Bertz CT molecular complexity index is 1610. The number of benzene rings is 2. The van der Waals surface area contributed by atoms with E-state index in [1.807, 2.05) is 0 Å². The lowest BCUT2D eigenvalue weighted by molar-refractivity contribution is -0.137. The van der Waals surface area contributed by atoms with E-state index in [0.29, 0.717) is 39.2 Å². The van der Waals surface area contributed by atoms with Crippen LogP contribution in [0.25, 0.3) is 10.2 Å². The quantitative estimate of drug-likeness (QED) is 0.314. The van der Waals surface area contributed by atoms with Gasteiger partial charge in [0, 0.05) is 17.2 Å². The van der Waals surface area contributed by atoms with Crippen LogP contribution in [0.4, 0.5) is 10.1 Å². The van der Waals surface area contributed by atoms with E-state index in [1.165, 1.54) is 10.6 Å². The van der Waals surface area contributed by atoms with Crippen molar-refractivity contribution < 1.29 is 28.6 Å². The van der Waals surface area contributed by atoms with E-state index < -0.39 is 29.7 Å². The number of ether oxygens (including phenoxy) is 1. The number of carbonyl (C=O) groups is 3. The fourth-order valence-electron chi connectivity index (χ4n) is 4.32. The van der Waals surface area contributed by atoms with E-state index in [4.69, 9.17) is 39.5 Å². The lowest BCUT2D eigenvalue weighted by Gasteiger charge is -2.19. The Morgan fingerprint density at radius 2 is 1.79 bits per heavy atom. The zero-order valence-corrected chi connectivity index (χ0v) is 22.8. The van der Waals surface area contributed by atoms with E-state index in [0.717, 1.165) is 35.1 Å². The van der Waals surface area contributed by atoms with Gasteiger partial charge in [-0.1, -0.05) is 46.5 Å². The maximum Gasteiger partial charge on any atom is 0.323 e. The molecule has 2 amide bonds. The predicted octanol–water partition coefficient (Wildman–Crippen LogP) is 5.42. The van der Waals surface area contributed by atoms with Gasteiger partial charge in [-0.2, -0.15) is 0 Å². The fourth-order valence-corrected chi connectivity index (χ4v) is 5.77. The van der Waals surface area contributed by atoms with Gasteiger partial charge in [0.15, 0.2) is 6.10 Å². The number of hydrogen-bond acceptors (Lipinski definition) is 6. The van der Waals surface area contributed by atoms with Crippen molar-refractivity contribution >= 4 is 68.2 Å². The van der Waals surface area contributed by atoms with Gasteiger partial charge in [-0.15, -0.1) is 6.42 Å². The van der Waals surface area contributed by atoms with Crippen molar-refractivity contribution in [1.82, 2.24) is 4.57 Å². The highest BCUT2D eigenvalue weighted by molar-refractivity contribution is 7.16. The molecular formula is C27H21Cl2FN2O6S. The SMILES string of the molecule is C#CC(C)Oc1cc(N2C(=O)C3=C(CCCC3)C2=O)c(F)cc1Cl.O=C(O)Cn1c(=O)sc2cccc(Cl)c21. The molecule has 202 valence electrons. The van der Waals surface area contributed by atoms with Crippen LogP contribution in [0, 0.1) is 18.2 Å². The smallest absolute Gasteiger partial charge is 0.323 e. The van der Waals surface area contributed by atoms with Gasteiger partial charge in [0.25, 0.3) is 11.8 Å². The number of terminal acetylenes is 1. The second-order valence-electron chi connectivity index (χ2n) is 8.71. The van der Waals surface area contributed by atoms with Crippen molar-refractivity contribution in [1.29, 1.82) is 0 Å². The molecule has 1 N–H and O–H groups in total. The number of carboxylic acids is 1. The Hall–Kier alpha value is -3.65. The van der Waals surface area contributed by atoms with Gasteiger partial charge >= 0.3 is 10.8 Å². The summed E-state index contributed by atoms with van der Waals surface area (Å²) in [5.74, 6) is -0.251. The minimum absolute atomic E-state index is 0.0233. The molecule has 0 bridgehead atoms. The van der Waals surface area contributed by atoms with Crippen LogP contribution in [-0.4, -0.2) is 33.6 Å². The normalized spacial score (nSPS) is 15.5. The molecule has 12 heteroatoms. The molecule has 1 aliphatic heterocycles. The van der Waals surface area contributed by atoms with Gasteiger partial charge in [-0.05, 0) is 50.8 Å². The van der Waals surface area contributed by atoms with E-state index >= 15 is 0 Å². The summed E-state index contributed by atoms with van der Waals surface area (Å²) in [5, 5.41) is 9.08. The van der Waals surface area contributed by atoms with Crippen molar-refractivity contribution in [2.45, 2.75) is 45.3 Å². The van der Waals surface area contributed by atoms with Gasteiger partial charge < -0.3 is 9.84 Å². The Morgan fingerprint density at radius 3 is 2.38 bits per heavy atom. The predicted molar refractivity (Wildman–Crippen MR) is 147 cm³/mol. The van der Waals surface area contributed by atoms with Crippen LogP contribution in [0.2, 0.25) is 10.0 Å². The molecule has 1 unspecified atom stereocenters. The molecule has 2 aliphatic rings. The number of para-hydroxylation sites is 1. The number of nitrogens with zero attached hydrogens (tertiary/aromatic N) is 2. The second kappa shape index (κ2) is 11.6. The molecule has 1 aromatic heterocycles. The van der Waals surface area contributed by atoms with Gasteiger partial charge in [0.2, 0.25) is 0 Å². The number of halogens is 3. The van der Waals surface area contributed by atoms with E-state index in [-0.39, 0.29) is 27.9 Å². The first-order valence-electron chi connectivity index (χ1n) is 11.8. The Morgan fingerprint density at radius 1 is 1.15 bits per heavy atom. The van der Waals surface area contributed by atoms with Crippen LogP contribution in [0.3, 0.4) is 0 Å². The maximum atomic E-state index is 14.4. The summed E-state index contributed by atoms with van der Waals surface area (Å²) in [6.07, 6.45) is 7.47. The minimum Gasteiger partial charge on any atom is -0.480 e. The van der Waals surface area contributed by atoms with Gasteiger partial charge in [0.1, 0.15) is 18.1 Å². The van der Waals surface area contributed by atoms with Gasteiger partial charge in [-0.25, -0.2) is 9.29 Å². The molecule has 5 rings (SSSR count). The summed E-state index contributed by atoms with van der Waals surface area (Å²) >= 11 is 12.9. The zero-order chi connectivity index (χ0) is 28.4. The lowest BCUT2D eigenvalue weighted by atomic mass is 9.93. The molecule has 1 aliphatic carbocycles. The molecular weight excluding hydrogens is 570 g/mol. The third kappa shape index (κ3) is 5.71. The average molecular weight is 591 g/mol. The molecule has 2 aromatic carbocycles. The highest BCUT2D eigenvalue weighted by Crippen LogP contribution is 2.39. The number of aromatic nitrogens is 1. The monoisotopic (exact) mass is 590 g/mol. The van der Waals surface area contributed by atoms with Crippen LogP contribution < -0.4 is 14.5 Å². The first-order chi connectivity index (χ1) is 18.5. The topological polar surface area (TPSA) is 106 Å². The van der Waals surface area contributed by atoms with Crippen LogP contribution in [0.15, 0.2) is 46.3 Å². The summed E-state index contributed by atoms with van der Waals surface area (Å²) in [5.41, 5.74) is 1.31. The van der Waals surface area contributed by atoms with E-state index in [2.05, 4.69) is 5.92 Å². The van der Waals surface area contributed by atoms with Crippen LogP contribution in [-0.2, 0) is 20.9 Å². The van der Waals surface area contributed by atoms with Crippen molar-refractivity contribution in [2.75, 3.05) is 4.90 Å². The third-order valence-electron chi connectivity index (χ3n) is 6.10. The number of fused-ring (bicyclic) bond motifs is 1. The van der Waals surface area contributed by atoms with Crippen molar-refractivity contribution in [3.8, 4) is 18.1 Å². The van der Waals surface area contributed by atoms with Gasteiger partial charge in [-0.3, -0.25) is 23.7 Å². The number of imide groups is 1. The third-order valence-corrected chi connectivity index (χ3v) is 7.65. The van der Waals surface area contributed by atoms with Crippen molar-refractivity contribution in [3.05, 3.63) is 67.0 Å². The Balaban J connectivity index is 0.000000202. The molecule has 0 spiro atoms. The van der Waals surface area contributed by atoms with E-state index in [9.17, 15) is 23.6 Å². The molecule has 0 saturated carbocycles. The summed E-state index contributed by atoms with van der Waals surface area (Å²) < 4.78 is 21.7. The number of thiazole rings is 1. The summed E-state index contributed by atoms with van der Waals surface area (Å²) in [4.78, 5) is 47.7. The van der Waals surface area contributed by atoms with Crippen LogP contribution in [0.1, 0.15) is 32.6 Å². The van der Waals surface area contributed by atoms with Crippen molar-refractivity contribution in [3.63, 3.8) is 0 Å². The lowest BCUT2D eigenvalue weighted by Crippen LogP contribution is -2.32. The fraction of sp³-hybridized carbons (Fsp3) is 0.259. The first kappa shape index (κ1) is 28.4. The number of carboxylic acid groups (broad SMARTS) is 1. The molecule has 39 heavy (non-hydrogen) atoms. The van der Waals surface area contributed by atoms with Gasteiger partial charge in [0.05, 0.1) is 25.9 Å². The minimum atomic E-state index is -1.06. The van der Waals surface area contributed by atoms with E-state index in [1.54, 1.807) is 25.1 Å². The average Bonchev–Trinajstić information content (AvgIpc) is 3.34. The molecule has 3 aromatic rings. The molecule has 0 radical (unpaired) electrons. The van der Waals surface area contributed by atoms with Crippen LogP contribution >= 0.6 is 34.5 Å². The number of carbonyl (C=O) groups excluding carboxylic acids is 2.